The minimum absolute atomic E-state index is 0.0916. The van der Waals surface area contributed by atoms with E-state index >= 15 is 0 Å². The summed E-state index contributed by atoms with van der Waals surface area (Å²) >= 11 is 3.31. The number of benzene rings is 2. The maximum Gasteiger partial charge on any atom is 0.269 e. The molecule has 130 valence electrons. The van der Waals surface area contributed by atoms with Gasteiger partial charge in [0.25, 0.3) is 21.8 Å². The van der Waals surface area contributed by atoms with Gasteiger partial charge in [0.05, 0.1) is 5.56 Å². The van der Waals surface area contributed by atoms with Crippen LogP contribution >= 0.6 is 15.9 Å². The number of carbonyl (C=O) groups excluding carboxylic acids is 2. The summed E-state index contributed by atoms with van der Waals surface area (Å²) < 4.78 is 26.9. The van der Waals surface area contributed by atoms with Crippen molar-refractivity contribution in [2.75, 3.05) is 5.32 Å². The minimum atomic E-state index is -3.93. The molecule has 2 aromatic rings. The third-order valence-electron chi connectivity index (χ3n) is 3.78. The van der Waals surface area contributed by atoms with E-state index in [1.54, 1.807) is 38.1 Å². The van der Waals surface area contributed by atoms with Gasteiger partial charge in [-0.15, -0.1) is 0 Å². The van der Waals surface area contributed by atoms with E-state index in [0.717, 1.165) is 8.78 Å². The van der Waals surface area contributed by atoms with Gasteiger partial charge >= 0.3 is 0 Å². The Morgan fingerprint density at radius 1 is 1.12 bits per heavy atom. The minimum Gasteiger partial charge on any atom is -0.322 e. The van der Waals surface area contributed by atoms with Crippen molar-refractivity contribution in [3.05, 3.63) is 58.1 Å². The summed E-state index contributed by atoms with van der Waals surface area (Å²) in [4.78, 5) is 24.6. The third-order valence-corrected chi connectivity index (χ3v) is 6.31. The smallest absolute Gasteiger partial charge is 0.269 e. The van der Waals surface area contributed by atoms with E-state index in [9.17, 15) is 18.0 Å². The highest BCUT2D eigenvalue weighted by Crippen LogP contribution is 2.32. The van der Waals surface area contributed by atoms with Gasteiger partial charge in [-0.05, 0) is 56.3 Å². The lowest BCUT2D eigenvalue weighted by Gasteiger charge is -2.18. The fourth-order valence-electron chi connectivity index (χ4n) is 2.64. The van der Waals surface area contributed by atoms with Crippen molar-refractivity contribution in [3.63, 3.8) is 0 Å². The van der Waals surface area contributed by atoms with Crippen LogP contribution in [-0.4, -0.2) is 30.6 Å². The van der Waals surface area contributed by atoms with Crippen LogP contribution in [0.25, 0.3) is 0 Å². The second-order valence-electron chi connectivity index (χ2n) is 5.87. The standard InChI is InChI=1S/C17H15BrN2O4S/c1-10(2)20-17(22)14-8-3-11(9-15(14)25(20,23)24)16(21)19-13-6-4-12(18)5-7-13/h3-10H,1-2H3,(H,19,21). The van der Waals surface area contributed by atoms with Gasteiger partial charge in [0, 0.05) is 21.8 Å². The van der Waals surface area contributed by atoms with Gasteiger partial charge in [0.15, 0.2) is 0 Å². The Kier molecular flexibility index (Phi) is 4.42. The monoisotopic (exact) mass is 422 g/mol. The molecule has 1 N–H and O–H groups in total. The molecule has 2 amide bonds. The Balaban J connectivity index is 1.95. The van der Waals surface area contributed by atoms with E-state index in [2.05, 4.69) is 21.2 Å². The maximum atomic E-state index is 12.6. The molecule has 0 unspecified atom stereocenters. The summed E-state index contributed by atoms with van der Waals surface area (Å²) in [5.41, 5.74) is 0.842. The number of anilines is 1. The van der Waals surface area contributed by atoms with Crippen LogP contribution in [0.2, 0.25) is 0 Å². The molecule has 0 saturated heterocycles. The largest absolute Gasteiger partial charge is 0.322 e. The number of rotatable bonds is 3. The lowest BCUT2D eigenvalue weighted by Crippen LogP contribution is -2.36. The molecule has 2 aromatic carbocycles. The highest BCUT2D eigenvalue weighted by atomic mass is 79.9. The van der Waals surface area contributed by atoms with Crippen LogP contribution in [0.1, 0.15) is 34.6 Å². The van der Waals surface area contributed by atoms with Gasteiger partial charge in [-0.1, -0.05) is 15.9 Å². The molecule has 8 heteroatoms. The molecule has 25 heavy (non-hydrogen) atoms. The van der Waals surface area contributed by atoms with Gasteiger partial charge < -0.3 is 5.32 Å². The van der Waals surface area contributed by atoms with Crippen molar-refractivity contribution in [2.45, 2.75) is 24.8 Å². The van der Waals surface area contributed by atoms with Gasteiger partial charge in [0.2, 0.25) is 0 Å². The fourth-order valence-corrected chi connectivity index (χ4v) is 4.69. The predicted molar refractivity (Wildman–Crippen MR) is 97.0 cm³/mol. The first kappa shape index (κ1) is 17.6. The summed E-state index contributed by atoms with van der Waals surface area (Å²) in [7, 11) is -3.93. The SMILES string of the molecule is CC(C)N1C(=O)c2ccc(C(=O)Nc3ccc(Br)cc3)cc2S1(=O)=O. The molecule has 1 aliphatic heterocycles. The molecule has 0 fully saturated rings. The van der Waals surface area contributed by atoms with Crippen LogP contribution in [0.15, 0.2) is 51.8 Å². The van der Waals surface area contributed by atoms with Crippen molar-refractivity contribution in [1.82, 2.24) is 4.31 Å². The van der Waals surface area contributed by atoms with Crippen LogP contribution in [0.5, 0.6) is 0 Å². The molecular weight excluding hydrogens is 408 g/mol. The molecule has 3 rings (SSSR count). The molecule has 0 bridgehead atoms. The van der Waals surface area contributed by atoms with Crippen LogP contribution < -0.4 is 5.32 Å². The quantitative estimate of drug-likeness (QED) is 0.822. The van der Waals surface area contributed by atoms with E-state index in [0.29, 0.717) is 5.69 Å². The number of halogens is 1. The number of sulfonamides is 1. The van der Waals surface area contributed by atoms with Gasteiger partial charge in [-0.2, -0.15) is 0 Å². The molecule has 0 aliphatic carbocycles. The Morgan fingerprint density at radius 2 is 1.76 bits per heavy atom. The summed E-state index contributed by atoms with van der Waals surface area (Å²) in [5.74, 6) is -1.01. The Labute approximate surface area is 154 Å². The first-order chi connectivity index (χ1) is 11.7. The fraction of sp³-hybridized carbons (Fsp3) is 0.176. The second kappa shape index (κ2) is 6.27. The molecule has 0 saturated carbocycles. The first-order valence-corrected chi connectivity index (χ1v) is 9.75. The van der Waals surface area contributed by atoms with Crippen LogP contribution in [-0.2, 0) is 10.0 Å². The maximum absolute atomic E-state index is 12.6. The number of amides is 2. The van der Waals surface area contributed by atoms with Gasteiger partial charge in [-0.3, -0.25) is 9.59 Å². The Bertz CT molecular complexity index is 969. The zero-order valence-corrected chi connectivity index (χ0v) is 15.9. The topological polar surface area (TPSA) is 83.6 Å². The average Bonchev–Trinajstić information content (AvgIpc) is 2.75. The van der Waals surface area contributed by atoms with Crippen LogP contribution in [0.4, 0.5) is 5.69 Å². The number of fused-ring (bicyclic) bond motifs is 1. The van der Waals surface area contributed by atoms with Crippen molar-refractivity contribution in [3.8, 4) is 0 Å². The summed E-state index contributed by atoms with van der Waals surface area (Å²) in [6, 6.07) is 10.6. The predicted octanol–water partition coefficient (Wildman–Crippen LogP) is 3.25. The highest BCUT2D eigenvalue weighted by molar-refractivity contribution is 9.10. The van der Waals surface area contributed by atoms with E-state index in [1.807, 2.05) is 0 Å². The van der Waals surface area contributed by atoms with Crippen molar-refractivity contribution in [2.24, 2.45) is 0 Å². The lowest BCUT2D eigenvalue weighted by molar-refractivity contribution is 0.0846. The zero-order chi connectivity index (χ0) is 18.4. The van der Waals surface area contributed by atoms with E-state index in [1.165, 1.54) is 18.2 Å². The second-order valence-corrected chi connectivity index (χ2v) is 8.57. The van der Waals surface area contributed by atoms with Crippen molar-refractivity contribution < 1.29 is 18.0 Å². The average molecular weight is 423 g/mol. The molecule has 1 heterocycles. The van der Waals surface area contributed by atoms with Gasteiger partial charge in [-0.25, -0.2) is 12.7 Å². The molecule has 6 nitrogen and oxygen atoms in total. The highest BCUT2D eigenvalue weighted by Gasteiger charge is 2.42. The van der Waals surface area contributed by atoms with Crippen LogP contribution in [0.3, 0.4) is 0 Å². The summed E-state index contributed by atoms with van der Waals surface area (Å²) in [6.07, 6.45) is 0. The number of nitrogens with zero attached hydrogens (tertiary/aromatic N) is 1. The number of carbonyl (C=O) groups is 2. The molecule has 0 radical (unpaired) electrons. The van der Waals surface area contributed by atoms with E-state index < -0.39 is 27.9 Å². The van der Waals surface area contributed by atoms with Crippen LogP contribution in [0, 0.1) is 0 Å². The van der Waals surface area contributed by atoms with Crippen molar-refractivity contribution >= 4 is 43.5 Å². The van der Waals surface area contributed by atoms with Crippen molar-refractivity contribution in [1.29, 1.82) is 0 Å². The lowest BCUT2D eigenvalue weighted by atomic mass is 10.1. The molecule has 0 spiro atoms. The van der Waals surface area contributed by atoms with E-state index in [-0.39, 0.29) is 16.0 Å². The number of hydrogen-bond acceptors (Lipinski definition) is 4. The summed E-state index contributed by atoms with van der Waals surface area (Å²) in [5, 5.41) is 2.70. The first-order valence-electron chi connectivity index (χ1n) is 7.51. The van der Waals surface area contributed by atoms with Gasteiger partial charge in [0.1, 0.15) is 4.90 Å². The number of nitrogens with one attached hydrogen (secondary N) is 1. The molecule has 1 aliphatic rings. The third kappa shape index (κ3) is 3.07. The normalized spacial score (nSPS) is 15.4. The molecule has 0 atom stereocenters. The zero-order valence-electron chi connectivity index (χ0n) is 13.5. The molecular formula is C17H15BrN2O4S. The molecule has 0 aromatic heterocycles. The summed E-state index contributed by atoms with van der Waals surface area (Å²) in [6.45, 7) is 3.25. The Hall–Kier alpha value is -2.19. The van der Waals surface area contributed by atoms with E-state index in [4.69, 9.17) is 0 Å². The Morgan fingerprint density at radius 3 is 2.36 bits per heavy atom. The number of hydrogen-bond donors (Lipinski definition) is 1.